The normalized spacial score (nSPS) is 17.0. The molecule has 1 aliphatic rings. The molecule has 37 heavy (non-hydrogen) atoms. The van der Waals surface area contributed by atoms with Gasteiger partial charge in [0.2, 0.25) is 0 Å². The van der Waals surface area contributed by atoms with Gasteiger partial charge in [0.05, 0.1) is 30.9 Å². The number of phenols is 1. The van der Waals surface area contributed by atoms with Gasteiger partial charge in [0.15, 0.2) is 11.5 Å². The van der Waals surface area contributed by atoms with Gasteiger partial charge in [0, 0.05) is 6.54 Å². The van der Waals surface area contributed by atoms with E-state index in [2.05, 4.69) is 18.7 Å². The number of ether oxygens (including phenoxy) is 2. The van der Waals surface area contributed by atoms with Crippen LogP contribution < -0.4 is 9.47 Å². The Kier molecular flexibility index (Phi) is 9.58. The zero-order chi connectivity index (χ0) is 27.1. The van der Waals surface area contributed by atoms with E-state index in [1.807, 2.05) is 13.8 Å². The molecule has 0 unspecified atom stereocenters. The summed E-state index contributed by atoms with van der Waals surface area (Å²) < 4.78 is 11.3. The fourth-order valence-corrected chi connectivity index (χ4v) is 4.63. The Labute approximate surface area is 219 Å². The predicted octanol–water partition coefficient (Wildman–Crippen LogP) is 4.65. The first-order chi connectivity index (χ1) is 17.8. The molecular formula is C29H38N2O6. The quantitative estimate of drug-likeness (QED) is 0.244. The molecule has 1 aliphatic heterocycles. The fraction of sp³-hybridized carbons (Fsp3) is 0.448. The van der Waals surface area contributed by atoms with Gasteiger partial charge in [0.25, 0.3) is 11.7 Å². The number of carbonyl (C=O) groups is 2. The highest BCUT2D eigenvalue weighted by molar-refractivity contribution is 6.46. The van der Waals surface area contributed by atoms with Gasteiger partial charge >= 0.3 is 0 Å². The second-order valence-corrected chi connectivity index (χ2v) is 9.15. The van der Waals surface area contributed by atoms with Crippen LogP contribution in [0.4, 0.5) is 0 Å². The summed E-state index contributed by atoms with van der Waals surface area (Å²) in [5, 5.41) is 21.8. The minimum atomic E-state index is -0.842. The number of rotatable bonds is 12. The highest BCUT2D eigenvalue weighted by Gasteiger charge is 2.46. The Hall–Kier alpha value is -3.52. The number of hydrogen-bond donors (Lipinski definition) is 2. The van der Waals surface area contributed by atoms with Crippen LogP contribution in [0.3, 0.4) is 0 Å². The van der Waals surface area contributed by atoms with Gasteiger partial charge < -0.3 is 29.5 Å². The minimum Gasteiger partial charge on any atom is -0.507 e. The van der Waals surface area contributed by atoms with Crippen LogP contribution in [0.25, 0.3) is 5.76 Å². The molecule has 1 heterocycles. The van der Waals surface area contributed by atoms with Crippen molar-refractivity contribution >= 4 is 17.4 Å². The van der Waals surface area contributed by atoms with Gasteiger partial charge in [-0.25, -0.2) is 0 Å². The van der Waals surface area contributed by atoms with Crippen LogP contribution in [-0.4, -0.2) is 71.6 Å². The molecule has 1 amide bonds. The van der Waals surface area contributed by atoms with Crippen LogP contribution in [0.2, 0.25) is 0 Å². The SMILES string of the molecule is CCCOc1ccc([C@@H]2C(=C(O)c3cc(C)ccc3O)C(=O)C(=O)N2CCCN(CC)CC)cc1OC. The summed E-state index contributed by atoms with van der Waals surface area (Å²) in [5.74, 6) is -1.00. The number of phenolic OH excluding ortho intramolecular Hbond substituents is 1. The third kappa shape index (κ3) is 6.07. The number of amides is 1. The number of methoxy groups -OCH3 is 1. The lowest BCUT2D eigenvalue weighted by atomic mass is 9.94. The van der Waals surface area contributed by atoms with Gasteiger partial charge in [-0.1, -0.05) is 38.5 Å². The lowest BCUT2D eigenvalue weighted by Gasteiger charge is -2.27. The summed E-state index contributed by atoms with van der Waals surface area (Å²) in [7, 11) is 1.53. The lowest BCUT2D eigenvalue weighted by molar-refractivity contribution is -0.140. The number of nitrogens with zero attached hydrogens (tertiary/aromatic N) is 2. The van der Waals surface area contributed by atoms with Crippen LogP contribution in [0.15, 0.2) is 42.0 Å². The van der Waals surface area contributed by atoms with Crippen molar-refractivity contribution in [3.8, 4) is 17.2 Å². The molecule has 2 aromatic carbocycles. The average Bonchev–Trinajstić information content (AvgIpc) is 3.15. The van der Waals surface area contributed by atoms with E-state index in [9.17, 15) is 19.8 Å². The van der Waals surface area contributed by atoms with Gasteiger partial charge in [-0.15, -0.1) is 0 Å². The number of aryl methyl sites for hydroxylation is 1. The summed E-state index contributed by atoms with van der Waals surface area (Å²) in [5.41, 5.74) is 1.46. The summed E-state index contributed by atoms with van der Waals surface area (Å²) in [6.07, 6.45) is 1.49. The van der Waals surface area contributed by atoms with Crippen molar-refractivity contribution < 1.29 is 29.3 Å². The molecule has 0 radical (unpaired) electrons. The Morgan fingerprint density at radius 3 is 2.43 bits per heavy atom. The van der Waals surface area contributed by atoms with Crippen LogP contribution >= 0.6 is 0 Å². The molecule has 0 saturated carbocycles. The summed E-state index contributed by atoms with van der Waals surface area (Å²) in [6, 6.07) is 9.19. The second-order valence-electron chi connectivity index (χ2n) is 9.15. The van der Waals surface area contributed by atoms with Crippen LogP contribution in [0.5, 0.6) is 17.2 Å². The van der Waals surface area contributed by atoms with Crippen LogP contribution in [0.1, 0.15) is 56.3 Å². The number of likely N-dealkylation sites (tertiary alicyclic amines) is 1. The van der Waals surface area contributed by atoms with Crippen molar-refractivity contribution in [1.29, 1.82) is 0 Å². The first-order valence-corrected chi connectivity index (χ1v) is 12.9. The van der Waals surface area contributed by atoms with Crippen LogP contribution in [0, 0.1) is 6.92 Å². The molecule has 0 spiro atoms. The summed E-state index contributed by atoms with van der Waals surface area (Å²) in [6.45, 7) is 11.4. The molecule has 2 aromatic rings. The van der Waals surface area contributed by atoms with Gasteiger partial charge in [-0.3, -0.25) is 9.59 Å². The van der Waals surface area contributed by atoms with Crippen molar-refractivity contribution in [2.75, 3.05) is 39.9 Å². The highest BCUT2D eigenvalue weighted by Crippen LogP contribution is 2.43. The van der Waals surface area contributed by atoms with E-state index < -0.39 is 23.5 Å². The molecule has 0 aliphatic carbocycles. The Morgan fingerprint density at radius 2 is 1.78 bits per heavy atom. The molecule has 1 fully saturated rings. The van der Waals surface area contributed by atoms with Crippen molar-refractivity contribution in [2.45, 2.75) is 46.6 Å². The smallest absolute Gasteiger partial charge is 0.295 e. The number of Topliss-reactive ketones (excluding diaryl/α,β-unsaturated/α-hetero) is 1. The van der Waals surface area contributed by atoms with E-state index >= 15 is 0 Å². The first-order valence-electron chi connectivity index (χ1n) is 12.9. The maximum atomic E-state index is 13.3. The highest BCUT2D eigenvalue weighted by atomic mass is 16.5. The van der Waals surface area contributed by atoms with E-state index in [0.29, 0.717) is 36.6 Å². The molecular weight excluding hydrogens is 472 g/mol. The second kappa shape index (κ2) is 12.6. The number of aliphatic hydroxyl groups excluding tert-OH is 1. The largest absolute Gasteiger partial charge is 0.507 e. The molecule has 200 valence electrons. The van der Waals surface area contributed by atoms with Crippen molar-refractivity contribution in [3.05, 3.63) is 58.7 Å². The molecule has 8 heteroatoms. The number of aliphatic hydroxyl groups is 1. The molecule has 3 rings (SSSR count). The molecule has 1 saturated heterocycles. The monoisotopic (exact) mass is 510 g/mol. The molecule has 0 aromatic heterocycles. The lowest BCUT2D eigenvalue weighted by Crippen LogP contribution is -2.33. The van der Waals surface area contributed by atoms with Gasteiger partial charge in [-0.2, -0.15) is 0 Å². The van der Waals surface area contributed by atoms with Gasteiger partial charge in [0.1, 0.15) is 11.5 Å². The van der Waals surface area contributed by atoms with E-state index in [0.717, 1.165) is 31.6 Å². The van der Waals surface area contributed by atoms with Crippen molar-refractivity contribution in [3.63, 3.8) is 0 Å². The van der Waals surface area contributed by atoms with Gasteiger partial charge in [-0.05, 0) is 69.2 Å². The average molecular weight is 511 g/mol. The minimum absolute atomic E-state index is 0.0574. The van der Waals surface area contributed by atoms with Crippen molar-refractivity contribution in [2.24, 2.45) is 0 Å². The number of benzene rings is 2. The maximum absolute atomic E-state index is 13.3. The standard InChI is InChI=1S/C29H38N2O6/c1-6-16-37-23-13-11-20(18-24(23)36-5)26-25(27(33)21-17-19(4)10-12-22(21)32)28(34)29(35)31(26)15-9-14-30(7-2)8-3/h10-13,17-18,26,32-33H,6-9,14-16H2,1-5H3/t26-/m1/s1. The number of aromatic hydroxyl groups is 1. The molecule has 8 nitrogen and oxygen atoms in total. The summed E-state index contributed by atoms with van der Waals surface area (Å²) >= 11 is 0. The Morgan fingerprint density at radius 1 is 1.05 bits per heavy atom. The predicted molar refractivity (Wildman–Crippen MR) is 143 cm³/mol. The van der Waals surface area contributed by atoms with E-state index in [-0.39, 0.29) is 16.9 Å². The Balaban J connectivity index is 2.12. The third-order valence-corrected chi connectivity index (χ3v) is 6.68. The third-order valence-electron chi connectivity index (χ3n) is 6.68. The van der Waals surface area contributed by atoms with Crippen molar-refractivity contribution in [1.82, 2.24) is 9.80 Å². The van der Waals surface area contributed by atoms with E-state index in [1.165, 1.54) is 18.1 Å². The zero-order valence-electron chi connectivity index (χ0n) is 22.4. The zero-order valence-corrected chi connectivity index (χ0v) is 22.4. The number of hydrogen-bond acceptors (Lipinski definition) is 7. The Bertz CT molecular complexity index is 1160. The molecule has 1 atom stereocenters. The van der Waals surface area contributed by atoms with E-state index in [1.54, 1.807) is 30.3 Å². The number of ketones is 1. The molecule has 2 N–H and O–H groups in total. The van der Waals surface area contributed by atoms with E-state index in [4.69, 9.17) is 9.47 Å². The summed E-state index contributed by atoms with van der Waals surface area (Å²) in [4.78, 5) is 30.3. The first kappa shape index (κ1) is 28.1. The maximum Gasteiger partial charge on any atom is 0.295 e. The topological polar surface area (TPSA) is 99.5 Å². The number of carbonyl (C=O) groups excluding carboxylic acids is 2. The molecule has 0 bridgehead atoms. The fourth-order valence-electron chi connectivity index (χ4n) is 4.63. The van der Waals surface area contributed by atoms with Crippen LogP contribution in [-0.2, 0) is 9.59 Å².